The second kappa shape index (κ2) is 5.61. The molecule has 1 fully saturated rings. The van der Waals surface area contributed by atoms with Gasteiger partial charge in [0.2, 0.25) is 0 Å². The van der Waals surface area contributed by atoms with Crippen molar-refractivity contribution in [1.29, 1.82) is 0 Å². The average molecular weight is 262 g/mol. The van der Waals surface area contributed by atoms with Gasteiger partial charge in [0.25, 0.3) is 0 Å². The molecule has 1 aromatic rings. The lowest BCUT2D eigenvalue weighted by atomic mass is 9.93. The first-order valence-corrected chi connectivity index (χ1v) is 6.77. The molecule has 0 bridgehead atoms. The Balaban J connectivity index is 2.22. The highest BCUT2D eigenvalue weighted by atomic mass is 16.4. The molecule has 1 aliphatic heterocycles. The third-order valence-electron chi connectivity index (χ3n) is 3.68. The first-order valence-electron chi connectivity index (χ1n) is 6.77. The van der Waals surface area contributed by atoms with Crippen LogP contribution in [0.1, 0.15) is 26.7 Å². The minimum Gasteiger partial charge on any atom is -0.481 e. The highest BCUT2D eigenvalue weighted by molar-refractivity contribution is 5.67. The fraction of sp³-hybridized carbons (Fsp3) is 0.533. The van der Waals surface area contributed by atoms with E-state index < -0.39 is 5.97 Å². The molecule has 1 unspecified atom stereocenters. The van der Waals surface area contributed by atoms with Gasteiger partial charge < -0.3 is 15.3 Å². The molecule has 2 N–H and O–H groups in total. The lowest BCUT2D eigenvalue weighted by molar-refractivity contribution is -0.137. The molecule has 1 aromatic carbocycles. The number of nitrogens with one attached hydrogen (secondary N) is 1. The number of nitrogens with zero attached hydrogens (tertiary/aromatic N) is 1. The van der Waals surface area contributed by atoms with Gasteiger partial charge in [-0.25, -0.2) is 0 Å². The molecule has 4 heteroatoms. The number of carbonyl (C=O) groups is 1. The van der Waals surface area contributed by atoms with Crippen molar-refractivity contribution in [2.75, 3.05) is 18.0 Å². The van der Waals surface area contributed by atoms with Crippen molar-refractivity contribution in [2.24, 2.45) is 0 Å². The Labute approximate surface area is 114 Å². The monoisotopic (exact) mass is 262 g/mol. The van der Waals surface area contributed by atoms with Crippen molar-refractivity contribution in [2.45, 2.75) is 38.3 Å². The highest BCUT2D eigenvalue weighted by Crippen LogP contribution is 2.30. The Morgan fingerprint density at radius 1 is 1.42 bits per heavy atom. The molecule has 4 nitrogen and oxygen atoms in total. The Morgan fingerprint density at radius 2 is 2.11 bits per heavy atom. The zero-order valence-electron chi connectivity index (χ0n) is 11.6. The summed E-state index contributed by atoms with van der Waals surface area (Å²) in [6.07, 6.45) is 0.881. The normalized spacial score (nSPS) is 22.2. The summed E-state index contributed by atoms with van der Waals surface area (Å²) in [6.45, 7) is 6.14. The number of anilines is 1. The first kappa shape index (κ1) is 13.9. The van der Waals surface area contributed by atoms with Crippen LogP contribution in [0.3, 0.4) is 0 Å². The van der Waals surface area contributed by atoms with E-state index in [9.17, 15) is 4.79 Å². The van der Waals surface area contributed by atoms with Gasteiger partial charge in [0.15, 0.2) is 0 Å². The van der Waals surface area contributed by atoms with Crippen LogP contribution in [0.15, 0.2) is 30.3 Å². The predicted octanol–water partition coefficient (Wildman–Crippen LogP) is 2.11. The van der Waals surface area contributed by atoms with Gasteiger partial charge in [-0.3, -0.25) is 4.79 Å². The van der Waals surface area contributed by atoms with Gasteiger partial charge in [0, 0.05) is 36.8 Å². The van der Waals surface area contributed by atoms with Crippen LogP contribution in [0.4, 0.5) is 5.69 Å². The van der Waals surface area contributed by atoms with Gasteiger partial charge in [0.05, 0.1) is 0 Å². The van der Waals surface area contributed by atoms with Crippen molar-refractivity contribution in [3.05, 3.63) is 30.3 Å². The van der Waals surface area contributed by atoms with Crippen molar-refractivity contribution >= 4 is 11.7 Å². The summed E-state index contributed by atoms with van der Waals surface area (Å²) in [5.74, 6) is -0.726. The minimum absolute atomic E-state index is 0.0111. The van der Waals surface area contributed by atoms with E-state index in [2.05, 4.69) is 36.2 Å². The smallest absolute Gasteiger partial charge is 0.303 e. The summed E-state index contributed by atoms with van der Waals surface area (Å²) in [7, 11) is 0. The molecule has 0 aliphatic carbocycles. The summed E-state index contributed by atoms with van der Waals surface area (Å²) in [5.41, 5.74) is 1.16. The number of hydrogen-bond acceptors (Lipinski definition) is 3. The number of hydrogen-bond donors (Lipinski definition) is 2. The van der Waals surface area contributed by atoms with Gasteiger partial charge in [-0.15, -0.1) is 0 Å². The van der Waals surface area contributed by atoms with Gasteiger partial charge in [-0.1, -0.05) is 18.2 Å². The number of carboxylic acids is 1. The van der Waals surface area contributed by atoms with Gasteiger partial charge in [-0.2, -0.15) is 0 Å². The SMILES string of the molecule is CC1(C)CNCC(CCC(=O)O)N1c1ccccc1. The number of rotatable bonds is 4. The van der Waals surface area contributed by atoms with Crippen LogP contribution in [0.2, 0.25) is 0 Å². The first-order chi connectivity index (χ1) is 9.00. The summed E-state index contributed by atoms with van der Waals surface area (Å²) in [4.78, 5) is 13.2. The molecular weight excluding hydrogens is 240 g/mol. The molecule has 0 spiro atoms. The fourth-order valence-corrected chi connectivity index (χ4v) is 2.89. The van der Waals surface area contributed by atoms with E-state index in [1.807, 2.05) is 18.2 Å². The molecule has 1 saturated heterocycles. The summed E-state index contributed by atoms with van der Waals surface area (Å²) < 4.78 is 0. The van der Waals surface area contributed by atoms with Crippen LogP contribution in [0.25, 0.3) is 0 Å². The van der Waals surface area contributed by atoms with E-state index in [-0.39, 0.29) is 18.0 Å². The maximum atomic E-state index is 10.8. The molecule has 1 aliphatic rings. The van der Waals surface area contributed by atoms with E-state index in [4.69, 9.17) is 5.11 Å². The fourth-order valence-electron chi connectivity index (χ4n) is 2.89. The maximum absolute atomic E-state index is 10.8. The Hall–Kier alpha value is -1.55. The second-order valence-corrected chi connectivity index (χ2v) is 5.74. The van der Waals surface area contributed by atoms with Crippen molar-refractivity contribution in [3.8, 4) is 0 Å². The van der Waals surface area contributed by atoms with E-state index >= 15 is 0 Å². The van der Waals surface area contributed by atoms with Crippen molar-refractivity contribution in [3.63, 3.8) is 0 Å². The van der Waals surface area contributed by atoms with E-state index in [1.165, 1.54) is 5.69 Å². The van der Waals surface area contributed by atoms with Crippen LogP contribution in [-0.2, 0) is 4.79 Å². The van der Waals surface area contributed by atoms with Crippen molar-refractivity contribution in [1.82, 2.24) is 5.32 Å². The lowest BCUT2D eigenvalue weighted by Gasteiger charge is -2.50. The zero-order chi connectivity index (χ0) is 13.9. The van der Waals surface area contributed by atoms with E-state index in [0.29, 0.717) is 6.42 Å². The topological polar surface area (TPSA) is 52.6 Å². The molecule has 0 amide bonds. The number of piperazine rings is 1. The van der Waals surface area contributed by atoms with Crippen molar-refractivity contribution < 1.29 is 9.90 Å². The third kappa shape index (κ3) is 3.26. The molecule has 0 radical (unpaired) electrons. The Bertz CT molecular complexity index is 431. The standard InChI is InChI=1S/C15H22N2O2/c1-15(2)11-16-10-13(8-9-14(18)19)17(15)12-6-4-3-5-7-12/h3-7,13,16H,8-11H2,1-2H3,(H,18,19). The minimum atomic E-state index is -0.726. The van der Waals surface area contributed by atoms with Crippen LogP contribution < -0.4 is 10.2 Å². The van der Waals surface area contributed by atoms with Gasteiger partial charge in [0.1, 0.15) is 0 Å². The van der Waals surface area contributed by atoms with Crippen LogP contribution in [0.5, 0.6) is 0 Å². The number of benzene rings is 1. The quantitative estimate of drug-likeness (QED) is 0.872. The van der Waals surface area contributed by atoms with Gasteiger partial charge >= 0.3 is 5.97 Å². The van der Waals surface area contributed by atoms with Crippen LogP contribution in [0, 0.1) is 0 Å². The summed E-state index contributed by atoms with van der Waals surface area (Å²) >= 11 is 0. The zero-order valence-corrected chi connectivity index (χ0v) is 11.6. The molecule has 2 rings (SSSR count). The predicted molar refractivity (Wildman–Crippen MR) is 76.5 cm³/mol. The molecule has 104 valence electrons. The summed E-state index contributed by atoms with van der Waals surface area (Å²) in [5, 5.41) is 12.3. The molecular formula is C15H22N2O2. The molecule has 1 heterocycles. The Kier molecular flexibility index (Phi) is 4.10. The largest absolute Gasteiger partial charge is 0.481 e. The third-order valence-corrected chi connectivity index (χ3v) is 3.68. The number of aliphatic carboxylic acids is 1. The lowest BCUT2D eigenvalue weighted by Crippen LogP contribution is -2.63. The van der Waals surface area contributed by atoms with Crippen LogP contribution in [-0.4, -0.2) is 35.7 Å². The molecule has 1 atom stereocenters. The van der Waals surface area contributed by atoms with Crippen LogP contribution >= 0.6 is 0 Å². The van der Waals surface area contributed by atoms with E-state index in [1.54, 1.807) is 0 Å². The number of carboxylic acid groups (broad SMARTS) is 1. The Morgan fingerprint density at radius 3 is 2.74 bits per heavy atom. The highest BCUT2D eigenvalue weighted by Gasteiger charge is 2.36. The van der Waals surface area contributed by atoms with E-state index in [0.717, 1.165) is 13.1 Å². The summed E-state index contributed by atoms with van der Waals surface area (Å²) in [6, 6.07) is 10.5. The molecule has 0 aromatic heterocycles. The maximum Gasteiger partial charge on any atom is 0.303 e. The molecule has 0 saturated carbocycles. The number of para-hydroxylation sites is 1. The van der Waals surface area contributed by atoms with Gasteiger partial charge in [-0.05, 0) is 32.4 Å². The second-order valence-electron chi connectivity index (χ2n) is 5.74. The molecule has 19 heavy (non-hydrogen) atoms. The average Bonchev–Trinajstić information content (AvgIpc) is 2.36.